The number of thiophene rings is 1. The number of thioether (sulfide) groups is 1. The van der Waals surface area contributed by atoms with Gasteiger partial charge in [0.2, 0.25) is 11.7 Å². The van der Waals surface area contributed by atoms with E-state index in [-0.39, 0.29) is 18.3 Å². The first-order valence-electron chi connectivity index (χ1n) is 7.16. The van der Waals surface area contributed by atoms with Gasteiger partial charge in [0.1, 0.15) is 0 Å². The summed E-state index contributed by atoms with van der Waals surface area (Å²) in [5.74, 6) is -0.262. The number of carbonyl (C=O) groups excluding carboxylic acids is 2. The lowest BCUT2D eigenvalue weighted by atomic mass is 10.2. The summed E-state index contributed by atoms with van der Waals surface area (Å²) in [7, 11) is 0. The quantitative estimate of drug-likeness (QED) is 0.499. The highest BCUT2D eigenvalue weighted by molar-refractivity contribution is 8.00. The fourth-order valence-electron chi connectivity index (χ4n) is 1.94. The number of benzene rings is 1. The Balaban J connectivity index is 1.64. The van der Waals surface area contributed by atoms with Crippen LogP contribution in [0, 0.1) is 0 Å². The molecule has 0 saturated carbocycles. The van der Waals surface area contributed by atoms with Crippen LogP contribution in [0.25, 0.3) is 11.4 Å². The third-order valence-electron chi connectivity index (χ3n) is 3.05. The van der Waals surface area contributed by atoms with Crippen LogP contribution in [0.3, 0.4) is 0 Å². The first-order chi connectivity index (χ1) is 12.1. The molecular formula is C16H13N3O4S2. The summed E-state index contributed by atoms with van der Waals surface area (Å²) in [6.07, 6.45) is 0. The Kier molecular flexibility index (Phi) is 5.46. The maximum atomic E-state index is 12.3. The Morgan fingerprint density at radius 3 is 2.88 bits per heavy atom. The number of hydrogen-bond acceptors (Lipinski definition) is 8. The number of amides is 1. The van der Waals surface area contributed by atoms with Crippen LogP contribution in [-0.4, -0.2) is 27.8 Å². The summed E-state index contributed by atoms with van der Waals surface area (Å²) in [4.78, 5) is 28.0. The lowest BCUT2D eigenvalue weighted by molar-refractivity contribution is -0.115. The third kappa shape index (κ3) is 4.46. The number of carbonyl (C=O) groups is 2. The molecule has 7 nitrogen and oxygen atoms in total. The fourth-order valence-corrected chi connectivity index (χ4v) is 3.35. The molecule has 0 aliphatic heterocycles. The minimum Gasteiger partial charge on any atom is -0.452 e. The van der Waals surface area contributed by atoms with Gasteiger partial charge in [0.15, 0.2) is 6.61 Å². The van der Waals surface area contributed by atoms with Gasteiger partial charge in [-0.25, -0.2) is 4.79 Å². The molecule has 2 N–H and O–H groups in total. The SMILES string of the molecule is NC(=O)CSc1ccccc1C(=O)OCc1nc(-c2ccsc2)no1. The first-order valence-corrected chi connectivity index (χ1v) is 9.08. The van der Waals surface area contributed by atoms with E-state index < -0.39 is 11.9 Å². The predicted molar refractivity (Wildman–Crippen MR) is 93.1 cm³/mol. The van der Waals surface area contributed by atoms with Crippen molar-refractivity contribution in [3.05, 3.63) is 52.5 Å². The number of primary amides is 1. The number of nitrogens with zero attached hydrogens (tertiary/aromatic N) is 2. The number of rotatable bonds is 7. The highest BCUT2D eigenvalue weighted by Crippen LogP contribution is 2.23. The second-order valence-corrected chi connectivity index (χ2v) is 6.65. The van der Waals surface area contributed by atoms with E-state index in [1.807, 2.05) is 16.8 Å². The summed E-state index contributed by atoms with van der Waals surface area (Å²) in [6, 6.07) is 8.71. The summed E-state index contributed by atoms with van der Waals surface area (Å²) in [6.45, 7) is -0.134. The van der Waals surface area contributed by atoms with E-state index in [1.54, 1.807) is 24.3 Å². The van der Waals surface area contributed by atoms with E-state index in [0.717, 1.165) is 5.56 Å². The molecule has 0 aliphatic carbocycles. The fraction of sp³-hybridized carbons (Fsp3) is 0.125. The van der Waals surface area contributed by atoms with E-state index in [4.69, 9.17) is 15.0 Å². The van der Waals surface area contributed by atoms with E-state index in [0.29, 0.717) is 16.3 Å². The Labute approximate surface area is 151 Å². The van der Waals surface area contributed by atoms with Crippen LogP contribution in [0.2, 0.25) is 0 Å². The van der Waals surface area contributed by atoms with Gasteiger partial charge in [-0.2, -0.15) is 16.3 Å². The van der Waals surface area contributed by atoms with Gasteiger partial charge in [0.25, 0.3) is 5.89 Å². The van der Waals surface area contributed by atoms with Gasteiger partial charge in [0, 0.05) is 15.8 Å². The molecule has 25 heavy (non-hydrogen) atoms. The number of nitrogens with two attached hydrogens (primary N) is 1. The molecule has 3 rings (SSSR count). The van der Waals surface area contributed by atoms with Crippen LogP contribution >= 0.6 is 23.1 Å². The van der Waals surface area contributed by atoms with Gasteiger partial charge in [-0.15, -0.1) is 11.8 Å². The van der Waals surface area contributed by atoms with Crippen LogP contribution in [0.5, 0.6) is 0 Å². The monoisotopic (exact) mass is 375 g/mol. The zero-order valence-electron chi connectivity index (χ0n) is 12.9. The van der Waals surface area contributed by atoms with Crippen molar-refractivity contribution in [2.45, 2.75) is 11.5 Å². The van der Waals surface area contributed by atoms with Gasteiger partial charge in [-0.1, -0.05) is 17.3 Å². The highest BCUT2D eigenvalue weighted by Gasteiger charge is 2.16. The Hall–Kier alpha value is -2.65. The normalized spacial score (nSPS) is 10.6. The molecule has 2 heterocycles. The molecule has 0 saturated heterocycles. The van der Waals surface area contributed by atoms with Crippen LogP contribution < -0.4 is 5.73 Å². The van der Waals surface area contributed by atoms with Crippen molar-refractivity contribution < 1.29 is 18.8 Å². The zero-order chi connectivity index (χ0) is 17.6. The number of esters is 1. The van der Waals surface area contributed by atoms with Crippen molar-refractivity contribution in [1.82, 2.24) is 10.1 Å². The van der Waals surface area contributed by atoms with Crippen molar-refractivity contribution in [3.63, 3.8) is 0 Å². The molecule has 0 spiro atoms. The maximum absolute atomic E-state index is 12.3. The molecular weight excluding hydrogens is 362 g/mol. The average Bonchev–Trinajstić information content (AvgIpc) is 3.29. The molecule has 0 bridgehead atoms. The number of aromatic nitrogens is 2. The maximum Gasteiger partial charge on any atom is 0.339 e. The van der Waals surface area contributed by atoms with Crippen molar-refractivity contribution in [2.24, 2.45) is 5.73 Å². The molecule has 0 radical (unpaired) electrons. The molecule has 2 aromatic heterocycles. The van der Waals surface area contributed by atoms with Gasteiger partial charge in [0.05, 0.1) is 11.3 Å². The minimum atomic E-state index is -0.539. The second-order valence-electron chi connectivity index (χ2n) is 4.85. The van der Waals surface area contributed by atoms with Crippen LogP contribution in [0.1, 0.15) is 16.2 Å². The average molecular weight is 375 g/mol. The summed E-state index contributed by atoms with van der Waals surface area (Å²) < 4.78 is 10.3. The molecule has 3 aromatic rings. The second kappa shape index (κ2) is 7.95. The largest absolute Gasteiger partial charge is 0.452 e. The molecule has 0 aliphatic rings. The standard InChI is InChI=1S/C16H13N3O4S2/c17-13(20)9-25-12-4-2-1-3-11(12)16(21)22-7-14-18-15(19-23-14)10-5-6-24-8-10/h1-6,8H,7,9H2,(H2,17,20). The molecule has 128 valence electrons. The summed E-state index contributed by atoms with van der Waals surface area (Å²) >= 11 is 2.71. The number of ether oxygens (including phenoxy) is 1. The van der Waals surface area contributed by atoms with E-state index >= 15 is 0 Å². The van der Waals surface area contributed by atoms with Crippen LogP contribution in [-0.2, 0) is 16.1 Å². The molecule has 1 amide bonds. The Bertz CT molecular complexity index is 877. The minimum absolute atomic E-state index is 0.0813. The lowest BCUT2D eigenvalue weighted by Gasteiger charge is -2.07. The van der Waals surface area contributed by atoms with Crippen LogP contribution in [0.4, 0.5) is 0 Å². The zero-order valence-corrected chi connectivity index (χ0v) is 14.5. The van der Waals surface area contributed by atoms with E-state index in [1.165, 1.54) is 23.1 Å². The van der Waals surface area contributed by atoms with Gasteiger partial charge in [-0.05, 0) is 23.6 Å². The number of hydrogen-bond donors (Lipinski definition) is 1. The molecule has 0 atom stereocenters. The first kappa shape index (κ1) is 17.2. The van der Waals surface area contributed by atoms with Crippen LogP contribution in [0.15, 0.2) is 50.5 Å². The van der Waals surface area contributed by atoms with Gasteiger partial charge < -0.3 is 15.0 Å². The highest BCUT2D eigenvalue weighted by atomic mass is 32.2. The van der Waals surface area contributed by atoms with Gasteiger partial charge >= 0.3 is 5.97 Å². The Morgan fingerprint density at radius 2 is 2.12 bits per heavy atom. The molecule has 9 heteroatoms. The van der Waals surface area contributed by atoms with Crippen molar-refractivity contribution in [3.8, 4) is 11.4 Å². The molecule has 1 aromatic carbocycles. The Morgan fingerprint density at radius 1 is 1.28 bits per heavy atom. The van der Waals surface area contributed by atoms with Crippen molar-refractivity contribution >= 4 is 35.0 Å². The molecule has 0 unspecified atom stereocenters. The lowest BCUT2D eigenvalue weighted by Crippen LogP contribution is -2.14. The third-order valence-corrected chi connectivity index (χ3v) is 4.83. The predicted octanol–water partition coefficient (Wildman–Crippen LogP) is 2.73. The molecule has 0 fully saturated rings. The summed E-state index contributed by atoms with van der Waals surface area (Å²) in [5, 5.41) is 7.65. The van der Waals surface area contributed by atoms with Gasteiger partial charge in [-0.3, -0.25) is 4.79 Å². The topological polar surface area (TPSA) is 108 Å². The van der Waals surface area contributed by atoms with Crippen molar-refractivity contribution in [2.75, 3.05) is 5.75 Å². The van der Waals surface area contributed by atoms with Crippen molar-refractivity contribution in [1.29, 1.82) is 0 Å². The van der Waals surface area contributed by atoms with E-state index in [2.05, 4.69) is 10.1 Å². The summed E-state index contributed by atoms with van der Waals surface area (Å²) in [5.41, 5.74) is 6.34. The smallest absolute Gasteiger partial charge is 0.339 e. The van der Waals surface area contributed by atoms with E-state index in [9.17, 15) is 9.59 Å².